The van der Waals surface area contributed by atoms with E-state index in [4.69, 9.17) is 4.52 Å². The van der Waals surface area contributed by atoms with Gasteiger partial charge in [0.25, 0.3) is 0 Å². The number of rotatable bonds is 2. The van der Waals surface area contributed by atoms with E-state index in [9.17, 15) is 0 Å². The topological polar surface area (TPSA) is 38.9 Å². The molecule has 0 atom stereocenters. The highest BCUT2D eigenvalue weighted by molar-refractivity contribution is 5.82. The Balaban J connectivity index is 2.75. The van der Waals surface area contributed by atoms with E-state index in [2.05, 4.69) is 37.8 Å². The SMILES string of the molecule is CC(C)c1nccc2onc(C(C)C)c12. The molecule has 0 N–H and O–H groups in total. The van der Waals surface area contributed by atoms with Crippen molar-refractivity contribution in [1.82, 2.24) is 10.1 Å². The zero-order valence-electron chi connectivity index (χ0n) is 9.61. The molecule has 2 rings (SSSR count). The van der Waals surface area contributed by atoms with Gasteiger partial charge >= 0.3 is 0 Å². The molecule has 2 aromatic heterocycles. The normalized spacial score (nSPS) is 11.9. The molecule has 2 heterocycles. The van der Waals surface area contributed by atoms with E-state index in [0.29, 0.717) is 11.8 Å². The lowest BCUT2D eigenvalue weighted by Crippen LogP contribution is -1.96. The summed E-state index contributed by atoms with van der Waals surface area (Å²) in [5, 5.41) is 5.22. The summed E-state index contributed by atoms with van der Waals surface area (Å²) in [5.41, 5.74) is 2.94. The quantitative estimate of drug-likeness (QED) is 0.751. The molecule has 0 bridgehead atoms. The maximum Gasteiger partial charge on any atom is 0.170 e. The van der Waals surface area contributed by atoms with Crippen LogP contribution >= 0.6 is 0 Å². The highest BCUT2D eigenvalue weighted by atomic mass is 16.5. The van der Waals surface area contributed by atoms with Gasteiger partial charge < -0.3 is 4.52 Å². The van der Waals surface area contributed by atoms with E-state index in [-0.39, 0.29) is 0 Å². The Kier molecular flexibility index (Phi) is 2.47. The predicted molar refractivity (Wildman–Crippen MR) is 60.0 cm³/mol. The van der Waals surface area contributed by atoms with E-state index in [1.54, 1.807) is 6.20 Å². The number of hydrogen-bond donors (Lipinski definition) is 0. The maximum absolute atomic E-state index is 5.31. The van der Waals surface area contributed by atoms with Crippen molar-refractivity contribution in [3.63, 3.8) is 0 Å². The van der Waals surface area contributed by atoms with E-state index in [1.807, 2.05) is 6.07 Å². The third kappa shape index (κ3) is 1.62. The van der Waals surface area contributed by atoms with Crippen molar-refractivity contribution in [3.05, 3.63) is 23.7 Å². The minimum Gasteiger partial charge on any atom is -0.356 e. The molecule has 80 valence electrons. The molecule has 3 nitrogen and oxygen atoms in total. The number of aromatic nitrogens is 2. The van der Waals surface area contributed by atoms with Gasteiger partial charge in [-0.25, -0.2) is 0 Å². The van der Waals surface area contributed by atoms with Crippen LogP contribution in [0.3, 0.4) is 0 Å². The molecule has 0 unspecified atom stereocenters. The zero-order valence-corrected chi connectivity index (χ0v) is 9.61. The Morgan fingerprint density at radius 1 is 1.07 bits per heavy atom. The summed E-state index contributed by atoms with van der Waals surface area (Å²) in [6, 6.07) is 1.88. The Morgan fingerprint density at radius 2 is 1.73 bits per heavy atom. The molecule has 0 spiro atoms. The molecule has 0 radical (unpaired) electrons. The van der Waals surface area contributed by atoms with Crippen LogP contribution in [0.1, 0.15) is 50.9 Å². The van der Waals surface area contributed by atoms with Crippen molar-refractivity contribution in [2.45, 2.75) is 39.5 Å². The van der Waals surface area contributed by atoms with Gasteiger partial charge in [0.05, 0.1) is 16.8 Å². The zero-order chi connectivity index (χ0) is 11.0. The summed E-state index contributed by atoms with van der Waals surface area (Å²) in [4.78, 5) is 4.42. The molecule has 0 aliphatic carbocycles. The summed E-state index contributed by atoms with van der Waals surface area (Å²) in [6.45, 7) is 8.51. The smallest absolute Gasteiger partial charge is 0.170 e. The highest BCUT2D eigenvalue weighted by Gasteiger charge is 2.17. The Bertz CT molecular complexity index is 471. The highest BCUT2D eigenvalue weighted by Crippen LogP contribution is 2.30. The van der Waals surface area contributed by atoms with Crippen molar-refractivity contribution in [2.24, 2.45) is 0 Å². The van der Waals surface area contributed by atoms with Gasteiger partial charge in [-0.05, 0) is 11.8 Å². The molecule has 0 aromatic carbocycles. The van der Waals surface area contributed by atoms with Crippen molar-refractivity contribution in [1.29, 1.82) is 0 Å². The summed E-state index contributed by atoms with van der Waals surface area (Å²) < 4.78 is 5.31. The summed E-state index contributed by atoms with van der Waals surface area (Å²) >= 11 is 0. The molecule has 0 amide bonds. The van der Waals surface area contributed by atoms with E-state index in [0.717, 1.165) is 22.4 Å². The van der Waals surface area contributed by atoms with E-state index < -0.39 is 0 Å². The predicted octanol–water partition coefficient (Wildman–Crippen LogP) is 3.47. The van der Waals surface area contributed by atoms with Gasteiger partial charge in [-0.2, -0.15) is 0 Å². The molecule has 0 saturated heterocycles. The third-order valence-electron chi connectivity index (χ3n) is 2.53. The summed E-state index contributed by atoms with van der Waals surface area (Å²) in [7, 11) is 0. The maximum atomic E-state index is 5.31. The van der Waals surface area contributed by atoms with Crippen molar-refractivity contribution in [2.75, 3.05) is 0 Å². The minimum atomic E-state index is 0.368. The molecule has 0 fully saturated rings. The average molecular weight is 204 g/mol. The fraction of sp³-hybridized carbons (Fsp3) is 0.500. The Hall–Kier alpha value is -1.38. The third-order valence-corrected chi connectivity index (χ3v) is 2.53. The van der Waals surface area contributed by atoms with Crippen molar-refractivity contribution >= 4 is 11.0 Å². The second-order valence-electron chi connectivity index (χ2n) is 4.45. The van der Waals surface area contributed by atoms with Gasteiger partial charge in [0, 0.05) is 12.3 Å². The van der Waals surface area contributed by atoms with Crippen molar-refractivity contribution < 1.29 is 4.52 Å². The first-order valence-corrected chi connectivity index (χ1v) is 5.35. The Morgan fingerprint density at radius 3 is 2.33 bits per heavy atom. The minimum absolute atomic E-state index is 0.368. The van der Waals surface area contributed by atoms with Crippen LogP contribution in [0.4, 0.5) is 0 Å². The fourth-order valence-electron chi connectivity index (χ4n) is 1.77. The van der Waals surface area contributed by atoms with Crippen LogP contribution in [0.25, 0.3) is 11.0 Å². The van der Waals surface area contributed by atoms with E-state index in [1.165, 1.54) is 0 Å². The first-order valence-electron chi connectivity index (χ1n) is 5.35. The van der Waals surface area contributed by atoms with Crippen LogP contribution in [-0.4, -0.2) is 10.1 Å². The van der Waals surface area contributed by atoms with Crippen LogP contribution in [-0.2, 0) is 0 Å². The molecular weight excluding hydrogens is 188 g/mol. The van der Waals surface area contributed by atoms with Crippen LogP contribution in [0.15, 0.2) is 16.8 Å². The molecule has 0 aliphatic rings. The van der Waals surface area contributed by atoms with Gasteiger partial charge in [0.2, 0.25) is 0 Å². The lowest BCUT2D eigenvalue weighted by atomic mass is 10.00. The number of nitrogens with zero attached hydrogens (tertiary/aromatic N) is 2. The van der Waals surface area contributed by atoms with Gasteiger partial charge in [0.1, 0.15) is 0 Å². The average Bonchev–Trinajstić information content (AvgIpc) is 2.60. The van der Waals surface area contributed by atoms with Gasteiger partial charge in [-0.1, -0.05) is 32.9 Å². The first kappa shape index (κ1) is 10.1. The fourth-order valence-corrected chi connectivity index (χ4v) is 1.77. The molecule has 15 heavy (non-hydrogen) atoms. The van der Waals surface area contributed by atoms with Gasteiger partial charge in [0.15, 0.2) is 5.58 Å². The molecule has 3 heteroatoms. The number of pyridine rings is 1. The van der Waals surface area contributed by atoms with Crippen LogP contribution in [0, 0.1) is 0 Å². The molecular formula is C12H16N2O. The second kappa shape index (κ2) is 3.65. The summed E-state index contributed by atoms with van der Waals surface area (Å²) in [5.74, 6) is 0.763. The van der Waals surface area contributed by atoms with Crippen molar-refractivity contribution in [3.8, 4) is 0 Å². The first-order chi connectivity index (χ1) is 7.11. The lowest BCUT2D eigenvalue weighted by Gasteiger charge is -2.07. The Labute approximate surface area is 89.5 Å². The summed E-state index contributed by atoms with van der Waals surface area (Å²) in [6.07, 6.45) is 1.78. The van der Waals surface area contributed by atoms with Crippen LogP contribution in [0.2, 0.25) is 0 Å². The second-order valence-corrected chi connectivity index (χ2v) is 4.45. The standard InChI is InChI=1S/C12H16N2O/c1-7(2)11-10-9(5-6-13-11)15-14-12(10)8(3)4/h5-8H,1-4H3. The van der Waals surface area contributed by atoms with Crippen LogP contribution in [0.5, 0.6) is 0 Å². The lowest BCUT2D eigenvalue weighted by molar-refractivity contribution is 0.441. The van der Waals surface area contributed by atoms with E-state index >= 15 is 0 Å². The molecule has 2 aromatic rings. The largest absolute Gasteiger partial charge is 0.356 e. The van der Waals surface area contributed by atoms with Gasteiger partial charge in [-0.15, -0.1) is 0 Å². The number of fused-ring (bicyclic) bond motifs is 1. The number of hydrogen-bond acceptors (Lipinski definition) is 3. The monoisotopic (exact) mass is 204 g/mol. The van der Waals surface area contributed by atoms with Gasteiger partial charge in [-0.3, -0.25) is 4.98 Å². The molecule has 0 saturated carbocycles. The molecule has 0 aliphatic heterocycles. The van der Waals surface area contributed by atoms with Crippen LogP contribution < -0.4 is 0 Å².